The third-order valence-electron chi connectivity index (χ3n) is 4.75. The number of benzene rings is 1. The summed E-state index contributed by atoms with van der Waals surface area (Å²) < 4.78 is 38.6. The van der Waals surface area contributed by atoms with Gasteiger partial charge in [-0.15, -0.1) is 11.3 Å². The van der Waals surface area contributed by atoms with Gasteiger partial charge in [-0.1, -0.05) is 12.1 Å². The molecule has 24 heavy (non-hydrogen) atoms. The van der Waals surface area contributed by atoms with Crippen LogP contribution in [0.3, 0.4) is 0 Å². The van der Waals surface area contributed by atoms with Gasteiger partial charge in [0.1, 0.15) is 0 Å². The fourth-order valence-corrected chi connectivity index (χ4v) is 4.07. The Morgan fingerprint density at radius 1 is 1.21 bits per heavy atom. The van der Waals surface area contributed by atoms with Gasteiger partial charge in [-0.3, -0.25) is 4.90 Å². The minimum atomic E-state index is -4.39. The van der Waals surface area contributed by atoms with E-state index in [2.05, 4.69) is 23.3 Å². The van der Waals surface area contributed by atoms with Crippen LogP contribution in [0, 0.1) is 6.92 Å². The van der Waals surface area contributed by atoms with E-state index >= 15 is 0 Å². The summed E-state index contributed by atoms with van der Waals surface area (Å²) in [6.07, 6.45) is -3.50. The number of nitrogens with zero attached hydrogens (tertiary/aromatic N) is 1. The van der Waals surface area contributed by atoms with Crippen molar-refractivity contribution in [2.75, 3.05) is 13.1 Å². The Morgan fingerprint density at radius 2 is 1.92 bits per heavy atom. The second kappa shape index (κ2) is 6.50. The van der Waals surface area contributed by atoms with E-state index in [1.54, 1.807) is 17.4 Å². The minimum Gasteiger partial charge on any atom is -0.385 e. The highest BCUT2D eigenvalue weighted by molar-refractivity contribution is 7.10. The lowest BCUT2D eigenvalue weighted by Crippen LogP contribution is -2.42. The lowest BCUT2D eigenvalue weighted by molar-refractivity contribution is -0.137. The summed E-state index contributed by atoms with van der Waals surface area (Å²) in [6.45, 7) is 4.26. The molecule has 0 bridgehead atoms. The topological polar surface area (TPSA) is 23.5 Å². The van der Waals surface area contributed by atoms with Crippen molar-refractivity contribution < 1.29 is 18.3 Å². The van der Waals surface area contributed by atoms with Crippen LogP contribution in [-0.4, -0.2) is 23.1 Å². The molecule has 0 unspecified atom stereocenters. The first-order valence-corrected chi connectivity index (χ1v) is 8.81. The number of likely N-dealkylation sites (tertiary alicyclic amines) is 1. The number of hydrogen-bond donors (Lipinski definition) is 1. The van der Waals surface area contributed by atoms with Gasteiger partial charge in [0.15, 0.2) is 0 Å². The molecule has 2 aromatic rings. The fraction of sp³-hybridized carbons (Fsp3) is 0.444. The van der Waals surface area contributed by atoms with Gasteiger partial charge >= 0.3 is 6.18 Å². The van der Waals surface area contributed by atoms with Gasteiger partial charge in [0.2, 0.25) is 0 Å². The molecule has 2 heterocycles. The maximum atomic E-state index is 12.9. The fourth-order valence-electron chi connectivity index (χ4n) is 3.12. The summed E-state index contributed by atoms with van der Waals surface area (Å²) in [7, 11) is 0. The molecule has 1 fully saturated rings. The van der Waals surface area contributed by atoms with Gasteiger partial charge in [0.25, 0.3) is 0 Å². The number of rotatable bonds is 3. The molecule has 0 radical (unpaired) electrons. The van der Waals surface area contributed by atoms with Crippen molar-refractivity contribution in [3.05, 3.63) is 57.3 Å². The van der Waals surface area contributed by atoms with Crippen LogP contribution >= 0.6 is 11.3 Å². The van der Waals surface area contributed by atoms with Crippen molar-refractivity contribution in [3.8, 4) is 0 Å². The van der Waals surface area contributed by atoms with Crippen molar-refractivity contribution in [1.29, 1.82) is 0 Å². The van der Waals surface area contributed by atoms with Crippen LogP contribution in [0.25, 0.3) is 0 Å². The standard InChI is InChI=1S/C18H20F3NOS/c1-13-5-10-24-16(13)12-22-8-6-17(23,7-9-22)14-3-2-4-15(11-14)18(19,20)21/h2-5,10-11,23H,6-9,12H2,1H3. The van der Waals surface area contributed by atoms with Crippen molar-refractivity contribution in [2.24, 2.45) is 0 Å². The molecular weight excluding hydrogens is 335 g/mol. The van der Waals surface area contributed by atoms with E-state index in [-0.39, 0.29) is 0 Å². The van der Waals surface area contributed by atoms with Crippen LogP contribution in [0.2, 0.25) is 0 Å². The molecule has 130 valence electrons. The predicted molar refractivity (Wildman–Crippen MR) is 88.9 cm³/mol. The maximum absolute atomic E-state index is 12.9. The number of halogens is 3. The summed E-state index contributed by atoms with van der Waals surface area (Å²) in [5, 5.41) is 12.9. The van der Waals surface area contributed by atoms with Gasteiger partial charge in [0, 0.05) is 24.5 Å². The summed E-state index contributed by atoms with van der Waals surface area (Å²) in [4.78, 5) is 3.56. The molecule has 1 aromatic heterocycles. The molecule has 0 aliphatic carbocycles. The van der Waals surface area contributed by atoms with Crippen molar-refractivity contribution >= 4 is 11.3 Å². The molecule has 0 saturated carbocycles. The van der Waals surface area contributed by atoms with E-state index in [1.165, 1.54) is 16.5 Å². The normalized spacial score (nSPS) is 18.7. The van der Waals surface area contributed by atoms with Crippen LogP contribution in [-0.2, 0) is 18.3 Å². The van der Waals surface area contributed by atoms with Crippen LogP contribution in [0.5, 0.6) is 0 Å². The number of hydrogen-bond acceptors (Lipinski definition) is 3. The Bertz CT molecular complexity index is 702. The van der Waals surface area contributed by atoms with E-state index < -0.39 is 17.3 Å². The summed E-state index contributed by atoms with van der Waals surface area (Å²) in [6, 6.07) is 7.18. The number of aryl methyl sites for hydroxylation is 1. The van der Waals surface area contributed by atoms with Crippen LogP contribution in [0.4, 0.5) is 13.2 Å². The zero-order valence-electron chi connectivity index (χ0n) is 13.4. The SMILES string of the molecule is Cc1ccsc1CN1CCC(O)(c2cccc(C(F)(F)F)c2)CC1. The maximum Gasteiger partial charge on any atom is 0.416 e. The van der Waals surface area contributed by atoms with Crippen molar-refractivity contribution in [2.45, 2.75) is 38.1 Å². The quantitative estimate of drug-likeness (QED) is 0.872. The smallest absolute Gasteiger partial charge is 0.385 e. The molecule has 0 atom stereocenters. The number of aliphatic hydroxyl groups is 1. The largest absolute Gasteiger partial charge is 0.416 e. The molecule has 2 nitrogen and oxygen atoms in total. The first kappa shape index (κ1) is 17.5. The number of piperidine rings is 1. The molecule has 0 amide bonds. The Kier molecular flexibility index (Phi) is 4.73. The van der Waals surface area contributed by atoms with Gasteiger partial charge in [-0.05, 0) is 54.5 Å². The third-order valence-corrected chi connectivity index (χ3v) is 5.75. The molecular formula is C18H20F3NOS. The Labute approximate surface area is 143 Å². The highest BCUT2D eigenvalue weighted by Gasteiger charge is 2.37. The molecule has 6 heteroatoms. The van der Waals surface area contributed by atoms with Crippen LogP contribution in [0.1, 0.15) is 34.4 Å². The predicted octanol–water partition coefficient (Wildman–Crippen LogP) is 4.56. The average molecular weight is 355 g/mol. The first-order valence-electron chi connectivity index (χ1n) is 7.93. The lowest BCUT2D eigenvalue weighted by atomic mass is 9.83. The third kappa shape index (κ3) is 3.66. The molecule has 0 spiro atoms. The minimum absolute atomic E-state index is 0.365. The molecule has 1 N–H and O–H groups in total. The summed E-state index contributed by atoms with van der Waals surface area (Å²) in [5.74, 6) is 0. The zero-order valence-corrected chi connectivity index (χ0v) is 14.3. The highest BCUT2D eigenvalue weighted by atomic mass is 32.1. The van der Waals surface area contributed by atoms with E-state index in [0.29, 0.717) is 31.5 Å². The molecule has 1 aliphatic heterocycles. The van der Waals surface area contributed by atoms with Gasteiger partial charge in [-0.2, -0.15) is 13.2 Å². The van der Waals surface area contributed by atoms with Crippen molar-refractivity contribution in [3.63, 3.8) is 0 Å². The summed E-state index contributed by atoms with van der Waals surface area (Å²) >= 11 is 1.71. The molecule has 1 aromatic carbocycles. The second-order valence-corrected chi connectivity index (χ2v) is 7.41. The molecule has 3 rings (SSSR count). The monoisotopic (exact) mass is 355 g/mol. The second-order valence-electron chi connectivity index (χ2n) is 6.41. The van der Waals surface area contributed by atoms with E-state index in [0.717, 1.165) is 18.7 Å². The lowest BCUT2D eigenvalue weighted by Gasteiger charge is -2.38. The summed E-state index contributed by atoms with van der Waals surface area (Å²) in [5.41, 5.74) is -0.254. The van der Waals surface area contributed by atoms with Crippen LogP contribution < -0.4 is 0 Å². The number of thiophene rings is 1. The average Bonchev–Trinajstić information content (AvgIpc) is 2.94. The van der Waals surface area contributed by atoms with E-state index in [1.807, 2.05) is 0 Å². The number of alkyl halides is 3. The molecule has 1 saturated heterocycles. The van der Waals surface area contributed by atoms with Gasteiger partial charge in [0.05, 0.1) is 11.2 Å². The Morgan fingerprint density at radius 3 is 2.50 bits per heavy atom. The van der Waals surface area contributed by atoms with E-state index in [4.69, 9.17) is 0 Å². The van der Waals surface area contributed by atoms with Gasteiger partial charge in [-0.25, -0.2) is 0 Å². The van der Waals surface area contributed by atoms with Crippen LogP contribution in [0.15, 0.2) is 35.7 Å². The van der Waals surface area contributed by atoms with E-state index in [9.17, 15) is 18.3 Å². The van der Waals surface area contributed by atoms with Gasteiger partial charge < -0.3 is 5.11 Å². The zero-order chi connectivity index (χ0) is 17.4. The van der Waals surface area contributed by atoms with Crippen molar-refractivity contribution in [1.82, 2.24) is 4.90 Å². The Balaban J connectivity index is 1.69. The Hall–Kier alpha value is -1.37. The first-order chi connectivity index (χ1) is 11.3. The highest BCUT2D eigenvalue weighted by Crippen LogP contribution is 2.37. The molecule has 1 aliphatic rings.